The molecule has 0 saturated heterocycles. The van der Waals surface area contributed by atoms with Gasteiger partial charge in [-0.05, 0) is 38.5 Å². The number of carbonyl (C=O) groups excluding carboxylic acids is 1. The first-order chi connectivity index (χ1) is 8.99. The molecule has 0 radical (unpaired) electrons. The highest BCUT2D eigenvalue weighted by Crippen LogP contribution is 2.26. The molecule has 100 valence electrons. The maximum Gasteiger partial charge on any atom is 0.253 e. The van der Waals surface area contributed by atoms with Crippen molar-refractivity contribution in [3.05, 3.63) is 50.4 Å². The Balaban J connectivity index is 2.15. The van der Waals surface area contributed by atoms with Crippen LogP contribution in [0.25, 0.3) is 0 Å². The lowest BCUT2D eigenvalue weighted by Gasteiger charge is -2.14. The fourth-order valence-electron chi connectivity index (χ4n) is 1.99. The zero-order valence-electron chi connectivity index (χ0n) is 11.0. The Kier molecular flexibility index (Phi) is 4.22. The summed E-state index contributed by atoms with van der Waals surface area (Å²) < 4.78 is 0. The Bertz CT molecular complexity index is 609. The van der Waals surface area contributed by atoms with E-state index in [1.807, 2.05) is 6.92 Å². The van der Waals surface area contributed by atoms with E-state index >= 15 is 0 Å². The van der Waals surface area contributed by atoms with Crippen molar-refractivity contribution in [1.82, 2.24) is 10.3 Å². The molecule has 2 rings (SSSR count). The van der Waals surface area contributed by atoms with Crippen LogP contribution in [0, 0.1) is 13.8 Å². The molecule has 1 atom stereocenters. The standard InChI is InChI=1S/C14H15ClN2OS/c1-8-6-12(10(3)19-8)9(2)17-14(18)11-4-5-16-7-13(11)15/h4-7,9H,1-3H3,(H,17,18)/t9-/m0/s1. The molecule has 0 aliphatic carbocycles. The van der Waals surface area contributed by atoms with Gasteiger partial charge in [0.1, 0.15) is 0 Å². The Labute approximate surface area is 121 Å². The second-order valence-electron chi connectivity index (χ2n) is 4.42. The van der Waals surface area contributed by atoms with Gasteiger partial charge in [0.25, 0.3) is 5.91 Å². The number of aromatic nitrogens is 1. The Morgan fingerprint density at radius 2 is 2.21 bits per heavy atom. The van der Waals surface area contributed by atoms with Crippen LogP contribution in [-0.4, -0.2) is 10.9 Å². The third-order valence-electron chi connectivity index (χ3n) is 2.91. The highest BCUT2D eigenvalue weighted by atomic mass is 35.5. The number of thiophene rings is 1. The fraction of sp³-hybridized carbons (Fsp3) is 0.286. The van der Waals surface area contributed by atoms with Crippen LogP contribution in [0.2, 0.25) is 5.02 Å². The minimum Gasteiger partial charge on any atom is -0.345 e. The van der Waals surface area contributed by atoms with Crippen molar-refractivity contribution in [2.45, 2.75) is 26.8 Å². The van der Waals surface area contributed by atoms with Crippen molar-refractivity contribution < 1.29 is 4.79 Å². The van der Waals surface area contributed by atoms with E-state index in [1.165, 1.54) is 16.0 Å². The van der Waals surface area contributed by atoms with Crippen molar-refractivity contribution in [2.24, 2.45) is 0 Å². The normalized spacial score (nSPS) is 12.2. The summed E-state index contributed by atoms with van der Waals surface area (Å²) in [4.78, 5) is 18.5. The van der Waals surface area contributed by atoms with E-state index in [9.17, 15) is 4.79 Å². The second-order valence-corrected chi connectivity index (χ2v) is 6.29. The first kappa shape index (κ1) is 14.0. The summed E-state index contributed by atoms with van der Waals surface area (Å²) in [6.07, 6.45) is 3.03. The highest BCUT2D eigenvalue weighted by molar-refractivity contribution is 7.12. The predicted molar refractivity (Wildman–Crippen MR) is 78.9 cm³/mol. The molecule has 0 aliphatic rings. The third-order valence-corrected chi connectivity index (χ3v) is 4.19. The molecule has 0 fully saturated rings. The van der Waals surface area contributed by atoms with Gasteiger partial charge in [0.2, 0.25) is 0 Å². The van der Waals surface area contributed by atoms with Gasteiger partial charge in [-0.15, -0.1) is 11.3 Å². The molecule has 0 unspecified atom stereocenters. The van der Waals surface area contributed by atoms with Gasteiger partial charge in [-0.3, -0.25) is 9.78 Å². The summed E-state index contributed by atoms with van der Waals surface area (Å²) in [5.74, 6) is -0.178. The molecule has 0 spiro atoms. The molecule has 2 aromatic heterocycles. The van der Waals surface area contributed by atoms with Crippen LogP contribution in [0.15, 0.2) is 24.5 Å². The Morgan fingerprint density at radius 3 is 2.79 bits per heavy atom. The van der Waals surface area contributed by atoms with Crippen molar-refractivity contribution in [3.8, 4) is 0 Å². The van der Waals surface area contributed by atoms with E-state index in [0.717, 1.165) is 5.56 Å². The first-order valence-corrected chi connectivity index (χ1v) is 7.15. The van der Waals surface area contributed by atoms with Crippen molar-refractivity contribution >= 4 is 28.8 Å². The van der Waals surface area contributed by atoms with Crippen LogP contribution in [0.5, 0.6) is 0 Å². The number of rotatable bonds is 3. The van der Waals surface area contributed by atoms with E-state index in [4.69, 9.17) is 11.6 Å². The summed E-state index contributed by atoms with van der Waals surface area (Å²) >= 11 is 7.70. The quantitative estimate of drug-likeness (QED) is 0.933. The number of carbonyl (C=O) groups is 1. The maximum atomic E-state index is 12.1. The molecular formula is C14H15ClN2OS. The second kappa shape index (κ2) is 5.72. The Hall–Kier alpha value is -1.39. The van der Waals surface area contributed by atoms with Crippen molar-refractivity contribution in [2.75, 3.05) is 0 Å². The first-order valence-electron chi connectivity index (χ1n) is 5.96. The number of amides is 1. The lowest BCUT2D eigenvalue weighted by molar-refractivity contribution is 0.0940. The third kappa shape index (κ3) is 3.14. The number of nitrogens with one attached hydrogen (secondary N) is 1. The number of hydrogen-bond donors (Lipinski definition) is 1. The van der Waals surface area contributed by atoms with Gasteiger partial charge in [-0.2, -0.15) is 0 Å². The van der Waals surface area contributed by atoms with E-state index in [1.54, 1.807) is 23.6 Å². The molecule has 0 saturated carbocycles. The van der Waals surface area contributed by atoms with Gasteiger partial charge < -0.3 is 5.32 Å². The monoisotopic (exact) mass is 294 g/mol. The summed E-state index contributed by atoms with van der Waals surface area (Å²) in [7, 11) is 0. The lowest BCUT2D eigenvalue weighted by atomic mass is 10.1. The van der Waals surface area contributed by atoms with Crippen LogP contribution in [0.4, 0.5) is 0 Å². The fourth-order valence-corrected chi connectivity index (χ4v) is 3.22. The average molecular weight is 295 g/mol. The molecule has 5 heteroatoms. The predicted octanol–water partition coefficient (Wildman–Crippen LogP) is 3.90. The van der Waals surface area contributed by atoms with Crippen molar-refractivity contribution in [1.29, 1.82) is 0 Å². The van der Waals surface area contributed by atoms with E-state index < -0.39 is 0 Å². The van der Waals surface area contributed by atoms with Crippen LogP contribution in [0.1, 0.15) is 38.6 Å². The summed E-state index contributed by atoms with van der Waals surface area (Å²) in [5.41, 5.74) is 1.61. The van der Waals surface area contributed by atoms with Gasteiger partial charge in [0, 0.05) is 22.1 Å². The zero-order chi connectivity index (χ0) is 14.0. The Morgan fingerprint density at radius 1 is 1.47 bits per heavy atom. The maximum absolute atomic E-state index is 12.1. The van der Waals surface area contributed by atoms with Gasteiger partial charge in [0.15, 0.2) is 0 Å². The number of halogens is 1. The zero-order valence-corrected chi connectivity index (χ0v) is 12.6. The van der Waals surface area contributed by atoms with Crippen molar-refractivity contribution in [3.63, 3.8) is 0 Å². The smallest absolute Gasteiger partial charge is 0.253 e. The molecule has 2 aromatic rings. The van der Waals surface area contributed by atoms with Gasteiger partial charge >= 0.3 is 0 Å². The molecule has 2 heterocycles. The molecular weight excluding hydrogens is 280 g/mol. The number of aryl methyl sites for hydroxylation is 2. The van der Waals surface area contributed by atoms with Crippen LogP contribution < -0.4 is 5.32 Å². The lowest BCUT2D eigenvalue weighted by Crippen LogP contribution is -2.27. The molecule has 0 bridgehead atoms. The summed E-state index contributed by atoms with van der Waals surface area (Å²) in [6, 6.07) is 3.69. The molecule has 1 amide bonds. The van der Waals surface area contributed by atoms with E-state index in [2.05, 4.69) is 30.2 Å². The number of pyridine rings is 1. The molecule has 0 aliphatic heterocycles. The minimum atomic E-state index is -0.178. The van der Waals surface area contributed by atoms with Gasteiger partial charge in [-0.25, -0.2) is 0 Å². The number of nitrogens with zero attached hydrogens (tertiary/aromatic N) is 1. The minimum absolute atomic E-state index is 0.0401. The van der Waals surface area contributed by atoms with Gasteiger partial charge in [0.05, 0.1) is 16.6 Å². The van der Waals surface area contributed by atoms with Gasteiger partial charge in [-0.1, -0.05) is 11.6 Å². The van der Waals surface area contributed by atoms with Crippen LogP contribution in [0.3, 0.4) is 0 Å². The molecule has 0 aromatic carbocycles. The molecule has 19 heavy (non-hydrogen) atoms. The van der Waals surface area contributed by atoms with E-state index in [-0.39, 0.29) is 11.9 Å². The summed E-state index contributed by atoms with van der Waals surface area (Å²) in [6.45, 7) is 6.10. The molecule has 1 N–H and O–H groups in total. The topological polar surface area (TPSA) is 42.0 Å². The highest BCUT2D eigenvalue weighted by Gasteiger charge is 2.16. The number of hydrogen-bond acceptors (Lipinski definition) is 3. The largest absolute Gasteiger partial charge is 0.345 e. The SMILES string of the molecule is Cc1cc([C@H](C)NC(=O)c2ccncc2Cl)c(C)s1. The van der Waals surface area contributed by atoms with E-state index in [0.29, 0.717) is 10.6 Å². The summed E-state index contributed by atoms with van der Waals surface area (Å²) in [5, 5.41) is 3.33. The average Bonchev–Trinajstić information content (AvgIpc) is 2.69. The molecule has 3 nitrogen and oxygen atoms in total. The van der Waals surface area contributed by atoms with Crippen LogP contribution in [-0.2, 0) is 0 Å². The van der Waals surface area contributed by atoms with Crippen LogP contribution >= 0.6 is 22.9 Å².